The van der Waals surface area contributed by atoms with Crippen molar-refractivity contribution in [3.63, 3.8) is 0 Å². The number of aromatic nitrogens is 2. The maximum absolute atomic E-state index is 2.43. The highest BCUT2D eigenvalue weighted by molar-refractivity contribution is 6.29. The standard InChI is InChI=1S/C48H30N2/c1-2-12-33(13-3-1)50-47-21-11-8-18-40(47)44-29-42-37-27-24-32(28-41(37)35-14-4-5-15-36(35)43(42)30-48(44)50)31-22-25-34(26-23-31)49-45-19-9-6-16-38(45)39-17-7-10-20-46(39)49/h1-30H. The molecule has 11 rings (SSSR count). The Morgan fingerprint density at radius 1 is 0.220 bits per heavy atom. The second kappa shape index (κ2) is 10.4. The highest BCUT2D eigenvalue weighted by atomic mass is 15.0. The van der Waals surface area contributed by atoms with Crippen molar-refractivity contribution in [1.82, 2.24) is 9.13 Å². The third-order valence-corrected chi connectivity index (χ3v) is 10.7. The summed E-state index contributed by atoms with van der Waals surface area (Å²) in [5.74, 6) is 0. The van der Waals surface area contributed by atoms with E-state index in [1.807, 2.05) is 0 Å². The predicted octanol–water partition coefficient (Wildman–Crippen LogP) is 13.0. The molecule has 0 spiro atoms. The lowest BCUT2D eigenvalue weighted by molar-refractivity contribution is 1.18. The summed E-state index contributed by atoms with van der Waals surface area (Å²) in [4.78, 5) is 0. The van der Waals surface area contributed by atoms with E-state index in [-0.39, 0.29) is 0 Å². The van der Waals surface area contributed by atoms with Gasteiger partial charge in [-0.25, -0.2) is 0 Å². The Morgan fingerprint density at radius 2 is 0.640 bits per heavy atom. The van der Waals surface area contributed by atoms with Crippen molar-refractivity contribution in [3.8, 4) is 22.5 Å². The van der Waals surface area contributed by atoms with E-state index in [0.29, 0.717) is 0 Å². The molecule has 0 amide bonds. The molecule has 2 heteroatoms. The molecule has 0 atom stereocenters. The van der Waals surface area contributed by atoms with Crippen LogP contribution in [0, 0.1) is 0 Å². The Labute approximate surface area is 288 Å². The number of para-hydroxylation sites is 4. The minimum atomic E-state index is 1.17. The van der Waals surface area contributed by atoms with Gasteiger partial charge in [0, 0.05) is 32.9 Å². The fourth-order valence-corrected chi connectivity index (χ4v) is 8.45. The zero-order valence-electron chi connectivity index (χ0n) is 27.2. The van der Waals surface area contributed by atoms with Gasteiger partial charge in [-0.1, -0.05) is 121 Å². The van der Waals surface area contributed by atoms with Crippen LogP contribution < -0.4 is 0 Å². The van der Waals surface area contributed by atoms with Crippen LogP contribution in [0.4, 0.5) is 0 Å². The zero-order valence-corrected chi connectivity index (χ0v) is 27.2. The van der Waals surface area contributed by atoms with Crippen LogP contribution in [0.5, 0.6) is 0 Å². The molecule has 0 bridgehead atoms. The van der Waals surface area contributed by atoms with Gasteiger partial charge in [0.1, 0.15) is 0 Å². The first-order chi connectivity index (χ1) is 24.8. The predicted molar refractivity (Wildman–Crippen MR) is 213 cm³/mol. The Balaban J connectivity index is 1.12. The molecule has 50 heavy (non-hydrogen) atoms. The molecule has 0 saturated carbocycles. The summed E-state index contributed by atoms with van der Waals surface area (Å²) in [7, 11) is 0. The maximum atomic E-state index is 2.43. The van der Waals surface area contributed by atoms with Crippen molar-refractivity contribution in [1.29, 1.82) is 0 Å². The van der Waals surface area contributed by atoms with Gasteiger partial charge >= 0.3 is 0 Å². The lowest BCUT2D eigenvalue weighted by atomic mass is 9.91. The molecule has 9 aromatic carbocycles. The van der Waals surface area contributed by atoms with E-state index in [0.717, 1.165) is 0 Å². The summed E-state index contributed by atoms with van der Waals surface area (Å²) < 4.78 is 4.79. The van der Waals surface area contributed by atoms with Crippen molar-refractivity contribution in [2.75, 3.05) is 0 Å². The molecule has 2 nitrogen and oxygen atoms in total. The van der Waals surface area contributed by atoms with Crippen LogP contribution in [0.25, 0.3) is 98.4 Å². The van der Waals surface area contributed by atoms with E-state index in [9.17, 15) is 0 Å². The van der Waals surface area contributed by atoms with E-state index in [1.165, 1.54) is 98.4 Å². The molecule has 0 radical (unpaired) electrons. The van der Waals surface area contributed by atoms with Gasteiger partial charge in [0.2, 0.25) is 0 Å². The van der Waals surface area contributed by atoms with E-state index >= 15 is 0 Å². The highest BCUT2D eigenvalue weighted by Gasteiger charge is 2.17. The number of rotatable bonds is 3. The van der Waals surface area contributed by atoms with Crippen molar-refractivity contribution in [2.45, 2.75) is 0 Å². The van der Waals surface area contributed by atoms with Gasteiger partial charge in [0.05, 0.1) is 22.1 Å². The molecule has 232 valence electrons. The van der Waals surface area contributed by atoms with Gasteiger partial charge < -0.3 is 9.13 Å². The molecule has 0 unspecified atom stereocenters. The van der Waals surface area contributed by atoms with Crippen molar-refractivity contribution < 1.29 is 0 Å². The van der Waals surface area contributed by atoms with Gasteiger partial charge in [-0.05, 0) is 104 Å². The molecule has 2 aromatic heterocycles. The summed E-state index contributed by atoms with van der Waals surface area (Å²) in [5, 5.41) is 12.8. The third kappa shape index (κ3) is 3.85. The molecule has 0 fully saturated rings. The minimum absolute atomic E-state index is 1.17. The average molecular weight is 635 g/mol. The average Bonchev–Trinajstić information content (AvgIpc) is 3.70. The normalized spacial score (nSPS) is 12.0. The first kappa shape index (κ1) is 27.3. The molecule has 0 aliphatic heterocycles. The SMILES string of the molecule is c1ccc(-n2c3ccccc3c3cc4c5ccc(-c6ccc(-n7c8ccccc8c8ccccc87)cc6)cc5c5ccccc5c4cc32)cc1. The van der Waals surface area contributed by atoms with Gasteiger partial charge in [-0.3, -0.25) is 0 Å². The van der Waals surface area contributed by atoms with Gasteiger partial charge in [0.25, 0.3) is 0 Å². The second-order valence-electron chi connectivity index (χ2n) is 13.3. The van der Waals surface area contributed by atoms with E-state index in [4.69, 9.17) is 0 Å². The number of hydrogen-bond acceptors (Lipinski definition) is 0. The molecule has 2 heterocycles. The Hall–Kier alpha value is -6.64. The van der Waals surface area contributed by atoms with E-state index in [1.54, 1.807) is 0 Å². The van der Waals surface area contributed by atoms with Crippen LogP contribution in [0.3, 0.4) is 0 Å². The lowest BCUT2D eigenvalue weighted by Crippen LogP contribution is -1.94. The summed E-state index contributed by atoms with van der Waals surface area (Å²) in [5.41, 5.74) is 9.69. The molecular formula is C48H30N2. The Morgan fingerprint density at radius 3 is 1.26 bits per heavy atom. The van der Waals surface area contributed by atoms with Crippen molar-refractivity contribution in [3.05, 3.63) is 182 Å². The fourth-order valence-electron chi connectivity index (χ4n) is 8.45. The lowest BCUT2D eigenvalue weighted by Gasteiger charge is -2.14. The number of benzene rings is 9. The van der Waals surface area contributed by atoms with Crippen LogP contribution in [0.1, 0.15) is 0 Å². The third-order valence-electron chi connectivity index (χ3n) is 10.7. The Kier molecular flexibility index (Phi) is 5.70. The van der Waals surface area contributed by atoms with Crippen LogP contribution in [0.2, 0.25) is 0 Å². The van der Waals surface area contributed by atoms with Gasteiger partial charge in [0.15, 0.2) is 0 Å². The van der Waals surface area contributed by atoms with E-state index in [2.05, 4.69) is 191 Å². The van der Waals surface area contributed by atoms with Crippen LogP contribution >= 0.6 is 0 Å². The smallest absolute Gasteiger partial charge is 0.0547 e. The summed E-state index contributed by atoms with van der Waals surface area (Å²) in [6, 6.07) is 66.7. The molecule has 0 aliphatic rings. The quantitative estimate of drug-likeness (QED) is 0.171. The number of fused-ring (bicyclic) bond motifs is 12. The summed E-state index contributed by atoms with van der Waals surface area (Å²) in [6.45, 7) is 0. The van der Waals surface area contributed by atoms with Crippen LogP contribution in [-0.4, -0.2) is 9.13 Å². The Bertz CT molecular complexity index is 3070. The maximum Gasteiger partial charge on any atom is 0.0547 e. The summed E-state index contributed by atoms with van der Waals surface area (Å²) >= 11 is 0. The molecule has 11 aromatic rings. The van der Waals surface area contributed by atoms with Crippen LogP contribution in [0.15, 0.2) is 182 Å². The van der Waals surface area contributed by atoms with Gasteiger partial charge in [-0.2, -0.15) is 0 Å². The van der Waals surface area contributed by atoms with Gasteiger partial charge in [-0.15, -0.1) is 0 Å². The topological polar surface area (TPSA) is 9.86 Å². The number of hydrogen-bond donors (Lipinski definition) is 0. The molecule has 0 aliphatic carbocycles. The first-order valence-electron chi connectivity index (χ1n) is 17.3. The highest BCUT2D eigenvalue weighted by Crippen LogP contribution is 2.42. The zero-order chi connectivity index (χ0) is 32.8. The second-order valence-corrected chi connectivity index (χ2v) is 13.3. The van der Waals surface area contributed by atoms with Crippen LogP contribution in [-0.2, 0) is 0 Å². The molecule has 0 N–H and O–H groups in total. The van der Waals surface area contributed by atoms with E-state index < -0.39 is 0 Å². The summed E-state index contributed by atoms with van der Waals surface area (Å²) in [6.07, 6.45) is 0. The largest absolute Gasteiger partial charge is 0.309 e. The fraction of sp³-hybridized carbons (Fsp3) is 0. The molecule has 0 saturated heterocycles. The molecular weight excluding hydrogens is 605 g/mol. The van der Waals surface area contributed by atoms with Crippen molar-refractivity contribution >= 4 is 75.9 Å². The monoisotopic (exact) mass is 634 g/mol. The first-order valence-corrected chi connectivity index (χ1v) is 17.3. The number of nitrogens with zero attached hydrogens (tertiary/aromatic N) is 2. The van der Waals surface area contributed by atoms with Crippen molar-refractivity contribution in [2.24, 2.45) is 0 Å². The minimum Gasteiger partial charge on any atom is -0.309 e.